The van der Waals surface area contributed by atoms with Gasteiger partial charge in [0, 0.05) is 6.54 Å². The first-order valence-corrected chi connectivity index (χ1v) is 7.16. The molecular weight excluding hydrogens is 226 g/mol. The zero-order chi connectivity index (χ0) is 12.3. The van der Waals surface area contributed by atoms with Crippen LogP contribution in [-0.2, 0) is 12.1 Å². The summed E-state index contributed by atoms with van der Waals surface area (Å²) in [6.07, 6.45) is 9.86. The summed E-state index contributed by atoms with van der Waals surface area (Å²) in [5, 5.41) is 14.4. The Balaban J connectivity index is 1.74. The van der Waals surface area contributed by atoms with E-state index in [0.717, 1.165) is 17.8 Å². The van der Waals surface area contributed by atoms with E-state index in [1.807, 2.05) is 6.20 Å². The van der Waals surface area contributed by atoms with Gasteiger partial charge in [-0.1, -0.05) is 0 Å². The van der Waals surface area contributed by atoms with Gasteiger partial charge in [0.15, 0.2) is 5.75 Å². The average Bonchev–Trinajstić information content (AvgIpc) is 2.69. The van der Waals surface area contributed by atoms with E-state index in [1.54, 1.807) is 0 Å². The Morgan fingerprint density at radius 2 is 1.78 bits per heavy atom. The van der Waals surface area contributed by atoms with Gasteiger partial charge in [0.1, 0.15) is 5.69 Å². The Bertz CT molecular complexity index is 444. The summed E-state index contributed by atoms with van der Waals surface area (Å²) in [5.74, 6) is 2.95. The molecule has 4 nitrogen and oxygen atoms in total. The molecule has 0 aliphatic heterocycles. The minimum absolute atomic E-state index is 0.194. The van der Waals surface area contributed by atoms with E-state index in [2.05, 4.69) is 9.78 Å². The summed E-state index contributed by atoms with van der Waals surface area (Å²) in [5.41, 5.74) is 6.46. The van der Waals surface area contributed by atoms with Crippen molar-refractivity contribution in [3.8, 4) is 5.75 Å². The quantitative estimate of drug-likeness (QED) is 0.840. The van der Waals surface area contributed by atoms with Crippen molar-refractivity contribution in [2.75, 3.05) is 0 Å². The summed E-state index contributed by atoms with van der Waals surface area (Å²) in [6, 6.07) is 0. The van der Waals surface area contributed by atoms with Crippen molar-refractivity contribution >= 4 is 0 Å². The van der Waals surface area contributed by atoms with Crippen LogP contribution in [0.1, 0.15) is 44.2 Å². The molecule has 4 heteroatoms. The van der Waals surface area contributed by atoms with E-state index in [-0.39, 0.29) is 11.3 Å². The third kappa shape index (κ3) is 1.38. The minimum atomic E-state index is 0.194. The van der Waals surface area contributed by atoms with Gasteiger partial charge in [-0.2, -0.15) is 5.10 Å². The molecule has 0 atom stereocenters. The maximum atomic E-state index is 9.87. The normalized spacial score (nSPS) is 41.5. The summed E-state index contributed by atoms with van der Waals surface area (Å²) >= 11 is 0. The van der Waals surface area contributed by atoms with Crippen LogP contribution in [0.2, 0.25) is 0 Å². The molecule has 4 bridgehead atoms. The molecule has 4 aliphatic carbocycles. The van der Waals surface area contributed by atoms with Crippen LogP contribution < -0.4 is 5.73 Å². The van der Waals surface area contributed by atoms with E-state index in [9.17, 15) is 5.11 Å². The Labute approximate surface area is 107 Å². The van der Waals surface area contributed by atoms with Crippen molar-refractivity contribution in [1.29, 1.82) is 0 Å². The van der Waals surface area contributed by atoms with Gasteiger partial charge in [-0.15, -0.1) is 0 Å². The SMILES string of the molecule is NCc1nn(C23CC4CC(CC(C4)C2)C3)cc1O. The zero-order valence-corrected chi connectivity index (χ0v) is 10.7. The number of rotatable bonds is 2. The molecule has 1 aromatic rings. The topological polar surface area (TPSA) is 64.1 Å². The van der Waals surface area contributed by atoms with Crippen LogP contribution in [0.3, 0.4) is 0 Å². The Kier molecular flexibility index (Phi) is 2.11. The second kappa shape index (κ2) is 3.50. The van der Waals surface area contributed by atoms with E-state index < -0.39 is 0 Å². The molecule has 0 saturated heterocycles. The molecular formula is C14H21N3O. The lowest BCUT2D eigenvalue weighted by Gasteiger charge is -2.56. The molecule has 0 aromatic carbocycles. The highest BCUT2D eigenvalue weighted by Gasteiger charge is 2.52. The summed E-state index contributed by atoms with van der Waals surface area (Å²) in [4.78, 5) is 0. The predicted molar refractivity (Wildman–Crippen MR) is 67.9 cm³/mol. The maximum absolute atomic E-state index is 9.87. The van der Waals surface area contributed by atoms with Gasteiger partial charge in [-0.05, 0) is 56.3 Å². The number of nitrogens with zero attached hydrogens (tertiary/aromatic N) is 2. The van der Waals surface area contributed by atoms with Crippen LogP contribution in [0.25, 0.3) is 0 Å². The second-order valence-electron chi connectivity index (χ2n) is 6.75. The first kappa shape index (κ1) is 10.9. The standard InChI is InChI=1S/C14H21N3O/c15-7-12-13(18)8-17(16-12)14-4-9-1-10(5-14)3-11(2-9)6-14/h8-11,18H,1-7,15H2. The van der Waals surface area contributed by atoms with Crippen molar-refractivity contribution in [1.82, 2.24) is 9.78 Å². The van der Waals surface area contributed by atoms with E-state index in [0.29, 0.717) is 12.2 Å². The first-order chi connectivity index (χ1) is 8.68. The van der Waals surface area contributed by atoms with Crippen molar-refractivity contribution < 1.29 is 5.11 Å². The lowest BCUT2D eigenvalue weighted by Crippen LogP contribution is -2.52. The van der Waals surface area contributed by atoms with Gasteiger partial charge in [0.05, 0.1) is 11.7 Å². The summed E-state index contributed by atoms with van der Waals surface area (Å²) < 4.78 is 2.06. The van der Waals surface area contributed by atoms with Crippen LogP contribution in [0.5, 0.6) is 5.75 Å². The van der Waals surface area contributed by atoms with Crippen LogP contribution in [0.4, 0.5) is 0 Å². The lowest BCUT2D eigenvalue weighted by molar-refractivity contribution is -0.0496. The Hall–Kier alpha value is -1.03. The molecule has 0 spiro atoms. The molecule has 18 heavy (non-hydrogen) atoms. The molecule has 4 saturated carbocycles. The van der Waals surface area contributed by atoms with Gasteiger partial charge in [-0.25, -0.2) is 0 Å². The fourth-order valence-electron chi connectivity index (χ4n) is 5.13. The third-order valence-corrected chi connectivity index (χ3v) is 5.45. The number of aromatic nitrogens is 2. The smallest absolute Gasteiger partial charge is 0.158 e. The van der Waals surface area contributed by atoms with Crippen LogP contribution >= 0.6 is 0 Å². The molecule has 1 heterocycles. The van der Waals surface area contributed by atoms with Gasteiger partial charge < -0.3 is 10.8 Å². The Morgan fingerprint density at radius 1 is 1.22 bits per heavy atom. The fraction of sp³-hybridized carbons (Fsp3) is 0.786. The monoisotopic (exact) mass is 247 g/mol. The van der Waals surface area contributed by atoms with Gasteiger partial charge in [0.25, 0.3) is 0 Å². The van der Waals surface area contributed by atoms with Gasteiger partial charge in [0.2, 0.25) is 0 Å². The highest BCUT2D eigenvalue weighted by molar-refractivity contribution is 5.24. The zero-order valence-electron chi connectivity index (χ0n) is 10.7. The van der Waals surface area contributed by atoms with E-state index in [1.165, 1.54) is 38.5 Å². The molecule has 1 aromatic heterocycles. The summed E-state index contributed by atoms with van der Waals surface area (Å²) in [6.45, 7) is 0.325. The molecule has 0 amide bonds. The number of nitrogens with two attached hydrogens (primary N) is 1. The largest absolute Gasteiger partial charge is 0.504 e. The highest BCUT2D eigenvalue weighted by atomic mass is 16.3. The molecule has 4 fully saturated rings. The molecule has 4 aliphatic rings. The van der Waals surface area contributed by atoms with Crippen molar-refractivity contribution in [3.05, 3.63) is 11.9 Å². The van der Waals surface area contributed by atoms with E-state index >= 15 is 0 Å². The maximum Gasteiger partial charge on any atom is 0.158 e. The van der Waals surface area contributed by atoms with Crippen LogP contribution in [0.15, 0.2) is 6.20 Å². The highest BCUT2D eigenvalue weighted by Crippen LogP contribution is 2.58. The van der Waals surface area contributed by atoms with Crippen LogP contribution in [-0.4, -0.2) is 14.9 Å². The predicted octanol–water partition coefficient (Wildman–Crippen LogP) is 1.97. The van der Waals surface area contributed by atoms with Gasteiger partial charge >= 0.3 is 0 Å². The van der Waals surface area contributed by atoms with Crippen LogP contribution in [0, 0.1) is 17.8 Å². The number of aromatic hydroxyl groups is 1. The molecule has 5 rings (SSSR count). The second-order valence-corrected chi connectivity index (χ2v) is 6.75. The Morgan fingerprint density at radius 3 is 2.22 bits per heavy atom. The van der Waals surface area contributed by atoms with Crippen molar-refractivity contribution in [3.63, 3.8) is 0 Å². The minimum Gasteiger partial charge on any atom is -0.504 e. The molecule has 0 radical (unpaired) electrons. The number of hydrogen-bond acceptors (Lipinski definition) is 3. The number of hydrogen-bond donors (Lipinski definition) is 2. The van der Waals surface area contributed by atoms with Gasteiger partial charge in [-0.3, -0.25) is 4.68 Å². The third-order valence-electron chi connectivity index (χ3n) is 5.45. The van der Waals surface area contributed by atoms with E-state index in [4.69, 9.17) is 5.73 Å². The first-order valence-electron chi connectivity index (χ1n) is 7.16. The average molecular weight is 247 g/mol. The van der Waals surface area contributed by atoms with Crippen molar-refractivity contribution in [2.24, 2.45) is 23.5 Å². The summed E-state index contributed by atoms with van der Waals surface area (Å²) in [7, 11) is 0. The molecule has 98 valence electrons. The van der Waals surface area contributed by atoms with Crippen molar-refractivity contribution in [2.45, 2.75) is 50.6 Å². The fourth-order valence-corrected chi connectivity index (χ4v) is 5.13. The molecule has 3 N–H and O–H groups in total. The molecule has 0 unspecified atom stereocenters. The lowest BCUT2D eigenvalue weighted by atomic mass is 9.53.